The zero-order chi connectivity index (χ0) is 15.2. The van der Waals surface area contributed by atoms with Gasteiger partial charge in [-0.05, 0) is 74.5 Å². The number of hydrogen-bond donors (Lipinski definition) is 1. The molecule has 0 aromatic carbocycles. The first-order valence-corrected chi connectivity index (χ1v) is 9.07. The zero-order valence-corrected chi connectivity index (χ0v) is 13.4. The molecule has 1 N–H and O–H groups in total. The molecule has 0 spiro atoms. The number of nitrogens with one attached hydrogen (secondary N) is 1. The summed E-state index contributed by atoms with van der Waals surface area (Å²) in [6.07, 6.45) is 10.4. The van der Waals surface area contributed by atoms with Crippen molar-refractivity contribution < 1.29 is 4.79 Å². The fraction of sp³-hybridized carbons (Fsp3) is 0.889. The first kappa shape index (κ1) is 14.5. The predicted octanol–water partition coefficient (Wildman–Crippen LogP) is 2.31. The molecule has 0 aromatic heterocycles. The second-order valence-corrected chi connectivity index (χ2v) is 8.40. The Morgan fingerprint density at radius 3 is 2.41 bits per heavy atom. The van der Waals surface area contributed by atoms with E-state index in [2.05, 4.69) is 11.4 Å². The van der Waals surface area contributed by atoms with E-state index in [9.17, 15) is 4.79 Å². The maximum absolute atomic E-state index is 12.3. The standard InChI is InChI=1S/C18H27N3O/c19-10-16-2-1-3-21(16)17(22)11-20-12-18-7-13-4-14(8-18)6-15(5-13)9-18/h13-16,20H,1-9,11-12H2/t13?,14?,15?,16-,18?/m0/s1. The van der Waals surface area contributed by atoms with Crippen LogP contribution in [0.5, 0.6) is 0 Å². The van der Waals surface area contributed by atoms with E-state index in [0.29, 0.717) is 12.0 Å². The van der Waals surface area contributed by atoms with Gasteiger partial charge in [0.1, 0.15) is 6.04 Å². The smallest absolute Gasteiger partial charge is 0.237 e. The summed E-state index contributed by atoms with van der Waals surface area (Å²) >= 11 is 0. The highest BCUT2D eigenvalue weighted by atomic mass is 16.2. The fourth-order valence-electron chi connectivity index (χ4n) is 6.24. The van der Waals surface area contributed by atoms with Crippen LogP contribution in [-0.2, 0) is 4.79 Å². The van der Waals surface area contributed by atoms with Gasteiger partial charge in [-0.1, -0.05) is 0 Å². The topological polar surface area (TPSA) is 56.1 Å². The molecule has 0 aromatic rings. The highest BCUT2D eigenvalue weighted by Gasteiger charge is 2.50. The van der Waals surface area contributed by atoms with Crippen LogP contribution < -0.4 is 5.32 Å². The van der Waals surface area contributed by atoms with Crippen LogP contribution in [0, 0.1) is 34.5 Å². The zero-order valence-electron chi connectivity index (χ0n) is 13.4. The van der Waals surface area contributed by atoms with E-state index in [1.54, 1.807) is 4.90 Å². The average molecular weight is 301 g/mol. The normalized spacial score (nSPS) is 42.6. The van der Waals surface area contributed by atoms with E-state index in [4.69, 9.17) is 5.26 Å². The quantitative estimate of drug-likeness (QED) is 0.867. The van der Waals surface area contributed by atoms with Crippen LogP contribution in [0.15, 0.2) is 0 Å². The molecule has 4 heteroatoms. The van der Waals surface area contributed by atoms with Crippen molar-refractivity contribution in [3.05, 3.63) is 0 Å². The maximum atomic E-state index is 12.3. The van der Waals surface area contributed by atoms with Crippen LogP contribution >= 0.6 is 0 Å². The summed E-state index contributed by atoms with van der Waals surface area (Å²) in [4.78, 5) is 14.1. The fourth-order valence-corrected chi connectivity index (χ4v) is 6.24. The van der Waals surface area contributed by atoms with E-state index in [-0.39, 0.29) is 11.9 Å². The number of likely N-dealkylation sites (tertiary alicyclic amines) is 1. The lowest BCUT2D eigenvalue weighted by molar-refractivity contribution is -0.130. The Kier molecular flexibility index (Phi) is 3.64. The van der Waals surface area contributed by atoms with Gasteiger partial charge in [0, 0.05) is 13.1 Å². The van der Waals surface area contributed by atoms with Gasteiger partial charge in [0.25, 0.3) is 0 Å². The molecule has 4 aliphatic carbocycles. The van der Waals surface area contributed by atoms with Crippen molar-refractivity contribution in [3.63, 3.8) is 0 Å². The molecule has 5 fully saturated rings. The molecule has 1 amide bonds. The second kappa shape index (κ2) is 5.53. The summed E-state index contributed by atoms with van der Waals surface area (Å²) in [7, 11) is 0. The molecule has 120 valence electrons. The van der Waals surface area contributed by atoms with Gasteiger partial charge >= 0.3 is 0 Å². The lowest BCUT2D eigenvalue weighted by Gasteiger charge is -2.57. The second-order valence-electron chi connectivity index (χ2n) is 8.40. The number of nitriles is 1. The Balaban J connectivity index is 1.30. The Labute approximate surface area is 133 Å². The van der Waals surface area contributed by atoms with Crippen molar-refractivity contribution in [1.29, 1.82) is 5.26 Å². The van der Waals surface area contributed by atoms with Crippen LogP contribution in [0.2, 0.25) is 0 Å². The Hall–Kier alpha value is -1.08. The van der Waals surface area contributed by atoms with Gasteiger partial charge in [-0.2, -0.15) is 5.26 Å². The highest BCUT2D eigenvalue weighted by Crippen LogP contribution is 2.59. The van der Waals surface area contributed by atoms with Crippen molar-refractivity contribution in [1.82, 2.24) is 10.2 Å². The van der Waals surface area contributed by atoms with Crippen molar-refractivity contribution >= 4 is 5.91 Å². The van der Waals surface area contributed by atoms with Gasteiger partial charge in [-0.15, -0.1) is 0 Å². The monoisotopic (exact) mass is 301 g/mol. The molecule has 1 heterocycles. The molecule has 22 heavy (non-hydrogen) atoms. The first-order valence-electron chi connectivity index (χ1n) is 9.07. The van der Waals surface area contributed by atoms with Gasteiger partial charge in [0.2, 0.25) is 5.91 Å². The molecule has 1 aliphatic heterocycles. The van der Waals surface area contributed by atoms with E-state index in [1.165, 1.54) is 38.5 Å². The number of rotatable bonds is 4. The third-order valence-electron chi connectivity index (χ3n) is 6.66. The minimum atomic E-state index is -0.186. The van der Waals surface area contributed by atoms with Gasteiger partial charge in [-0.25, -0.2) is 0 Å². The predicted molar refractivity (Wildman–Crippen MR) is 83.8 cm³/mol. The largest absolute Gasteiger partial charge is 0.326 e. The first-order chi connectivity index (χ1) is 10.7. The summed E-state index contributed by atoms with van der Waals surface area (Å²) in [6.45, 7) is 2.18. The number of hydrogen-bond acceptors (Lipinski definition) is 3. The van der Waals surface area contributed by atoms with Gasteiger partial charge in [-0.3, -0.25) is 4.79 Å². The van der Waals surface area contributed by atoms with E-state index < -0.39 is 0 Å². The highest BCUT2D eigenvalue weighted by molar-refractivity contribution is 5.79. The molecule has 5 aliphatic rings. The van der Waals surface area contributed by atoms with Crippen LogP contribution in [0.25, 0.3) is 0 Å². The summed E-state index contributed by atoms with van der Waals surface area (Å²) in [5, 5.41) is 12.6. The van der Waals surface area contributed by atoms with Crippen molar-refractivity contribution in [3.8, 4) is 6.07 Å². The number of carbonyl (C=O) groups is 1. The molecule has 4 bridgehead atoms. The SMILES string of the molecule is N#C[C@@H]1CCCN1C(=O)CNCC12CC3CC(CC(C3)C1)C2. The summed E-state index contributed by atoms with van der Waals surface area (Å²) in [6, 6.07) is 2.07. The van der Waals surface area contributed by atoms with Gasteiger partial charge in [0.05, 0.1) is 12.6 Å². The third-order valence-corrected chi connectivity index (χ3v) is 6.66. The van der Waals surface area contributed by atoms with Crippen molar-refractivity contribution in [2.75, 3.05) is 19.6 Å². The van der Waals surface area contributed by atoms with E-state index >= 15 is 0 Å². The van der Waals surface area contributed by atoms with Gasteiger partial charge < -0.3 is 10.2 Å². The lowest BCUT2D eigenvalue weighted by Crippen LogP contribution is -2.51. The van der Waals surface area contributed by atoms with Crippen LogP contribution in [0.3, 0.4) is 0 Å². The molecule has 0 radical (unpaired) electrons. The Morgan fingerprint density at radius 1 is 1.18 bits per heavy atom. The molecule has 5 rings (SSSR count). The molecular weight excluding hydrogens is 274 g/mol. The number of carbonyl (C=O) groups excluding carboxylic acids is 1. The maximum Gasteiger partial charge on any atom is 0.237 e. The minimum Gasteiger partial charge on any atom is -0.326 e. The van der Waals surface area contributed by atoms with Crippen LogP contribution in [0.4, 0.5) is 0 Å². The van der Waals surface area contributed by atoms with E-state index in [1.807, 2.05) is 0 Å². The Morgan fingerprint density at radius 2 is 1.82 bits per heavy atom. The molecular formula is C18H27N3O. The van der Waals surface area contributed by atoms with Crippen molar-refractivity contribution in [2.24, 2.45) is 23.2 Å². The summed E-state index contributed by atoms with van der Waals surface area (Å²) in [5.41, 5.74) is 0.481. The van der Waals surface area contributed by atoms with Crippen LogP contribution in [-0.4, -0.2) is 36.5 Å². The summed E-state index contributed by atoms with van der Waals surface area (Å²) < 4.78 is 0. The molecule has 0 unspecified atom stereocenters. The number of amides is 1. The average Bonchev–Trinajstić information content (AvgIpc) is 2.94. The lowest BCUT2D eigenvalue weighted by atomic mass is 9.49. The summed E-state index contributed by atoms with van der Waals surface area (Å²) in [5.74, 6) is 3.01. The Bertz CT molecular complexity index is 460. The van der Waals surface area contributed by atoms with Crippen molar-refractivity contribution in [2.45, 2.75) is 57.4 Å². The minimum absolute atomic E-state index is 0.119. The molecule has 4 saturated carbocycles. The van der Waals surface area contributed by atoms with Gasteiger partial charge in [0.15, 0.2) is 0 Å². The molecule has 1 saturated heterocycles. The number of nitrogens with zero attached hydrogens (tertiary/aromatic N) is 2. The van der Waals surface area contributed by atoms with Crippen LogP contribution in [0.1, 0.15) is 51.4 Å². The van der Waals surface area contributed by atoms with E-state index in [0.717, 1.165) is 43.7 Å². The molecule has 4 nitrogen and oxygen atoms in total. The third kappa shape index (κ3) is 2.54. The molecule has 1 atom stereocenters.